The summed E-state index contributed by atoms with van der Waals surface area (Å²) in [6.45, 7) is 2.85. The van der Waals surface area contributed by atoms with Crippen LogP contribution in [0.2, 0.25) is 0 Å². The minimum absolute atomic E-state index is 0.0131. The number of benzene rings is 2. The van der Waals surface area contributed by atoms with Gasteiger partial charge in [0.1, 0.15) is 11.6 Å². The second kappa shape index (κ2) is 8.66. The summed E-state index contributed by atoms with van der Waals surface area (Å²) in [5.41, 5.74) is 2.60. The van der Waals surface area contributed by atoms with Crippen LogP contribution in [0, 0.1) is 5.82 Å². The van der Waals surface area contributed by atoms with Crippen LogP contribution in [-0.2, 0) is 16.0 Å². The maximum Gasteiger partial charge on any atom is 0.227 e. The Balaban J connectivity index is 1.48. The van der Waals surface area contributed by atoms with Crippen molar-refractivity contribution in [1.82, 2.24) is 0 Å². The van der Waals surface area contributed by atoms with Crippen LogP contribution in [0.15, 0.2) is 42.5 Å². The number of carbonyl (C=O) groups is 2. The molecule has 0 aliphatic carbocycles. The van der Waals surface area contributed by atoms with Crippen molar-refractivity contribution in [2.45, 2.75) is 32.6 Å². The van der Waals surface area contributed by atoms with Crippen LogP contribution in [0.3, 0.4) is 0 Å². The van der Waals surface area contributed by atoms with Crippen molar-refractivity contribution in [3.63, 3.8) is 0 Å². The Kier molecular flexibility index (Phi) is 6.06. The van der Waals surface area contributed by atoms with Gasteiger partial charge in [0.25, 0.3) is 0 Å². The number of amides is 2. The Morgan fingerprint density at radius 2 is 1.96 bits per heavy atom. The molecule has 0 fully saturated rings. The summed E-state index contributed by atoms with van der Waals surface area (Å²) < 4.78 is 18.8. The van der Waals surface area contributed by atoms with Gasteiger partial charge in [-0.2, -0.15) is 0 Å². The van der Waals surface area contributed by atoms with E-state index >= 15 is 0 Å². The molecule has 6 heteroatoms. The van der Waals surface area contributed by atoms with E-state index < -0.39 is 0 Å². The molecular formula is C21H23FN2O3. The van der Waals surface area contributed by atoms with Gasteiger partial charge in [0.15, 0.2) is 0 Å². The molecule has 0 bridgehead atoms. The van der Waals surface area contributed by atoms with Crippen molar-refractivity contribution in [1.29, 1.82) is 0 Å². The van der Waals surface area contributed by atoms with Gasteiger partial charge in [-0.3, -0.25) is 9.59 Å². The molecule has 1 aliphatic rings. The van der Waals surface area contributed by atoms with E-state index in [1.165, 1.54) is 12.1 Å². The highest BCUT2D eigenvalue weighted by atomic mass is 19.1. The lowest BCUT2D eigenvalue weighted by Crippen LogP contribution is -2.30. The molecule has 0 aromatic heterocycles. The Hall–Kier alpha value is -2.89. The molecule has 2 amide bonds. The molecule has 0 saturated carbocycles. The lowest BCUT2D eigenvalue weighted by molar-refractivity contribution is -0.119. The molecule has 0 radical (unpaired) electrons. The van der Waals surface area contributed by atoms with Gasteiger partial charge in [-0.05, 0) is 67.8 Å². The lowest BCUT2D eigenvalue weighted by Gasteiger charge is -2.21. The van der Waals surface area contributed by atoms with Crippen molar-refractivity contribution in [2.24, 2.45) is 0 Å². The highest BCUT2D eigenvalue weighted by molar-refractivity contribution is 5.94. The largest absolute Gasteiger partial charge is 0.494 e. The number of carbonyl (C=O) groups excluding carboxylic acids is 2. The van der Waals surface area contributed by atoms with Crippen molar-refractivity contribution in [2.75, 3.05) is 23.4 Å². The van der Waals surface area contributed by atoms with Crippen LogP contribution in [-0.4, -0.2) is 25.0 Å². The number of hydrogen-bond donors (Lipinski definition) is 1. The third-order valence-electron chi connectivity index (χ3n) is 4.53. The van der Waals surface area contributed by atoms with Gasteiger partial charge >= 0.3 is 0 Å². The molecule has 1 heterocycles. The van der Waals surface area contributed by atoms with E-state index in [0.29, 0.717) is 44.5 Å². The zero-order valence-corrected chi connectivity index (χ0v) is 15.3. The Labute approximate surface area is 158 Å². The summed E-state index contributed by atoms with van der Waals surface area (Å²) >= 11 is 0. The number of rotatable bonds is 7. The van der Waals surface area contributed by atoms with Crippen LogP contribution in [0.4, 0.5) is 15.8 Å². The van der Waals surface area contributed by atoms with E-state index in [2.05, 4.69) is 5.32 Å². The average Bonchev–Trinajstić information content (AvgIpc) is 2.67. The summed E-state index contributed by atoms with van der Waals surface area (Å²) in [6, 6.07) is 11.5. The number of fused-ring (bicyclic) bond motifs is 1. The van der Waals surface area contributed by atoms with E-state index in [1.54, 1.807) is 17.0 Å². The minimum Gasteiger partial charge on any atom is -0.494 e. The molecule has 0 saturated heterocycles. The number of aryl methyl sites for hydroxylation is 1. The second-order valence-electron chi connectivity index (χ2n) is 6.43. The van der Waals surface area contributed by atoms with Crippen LogP contribution in [0.1, 0.15) is 31.7 Å². The Bertz CT molecular complexity index is 821. The Morgan fingerprint density at radius 3 is 2.70 bits per heavy atom. The van der Waals surface area contributed by atoms with Gasteiger partial charge < -0.3 is 15.0 Å². The quantitative estimate of drug-likeness (QED) is 0.752. The van der Waals surface area contributed by atoms with Gasteiger partial charge in [0.05, 0.1) is 6.61 Å². The van der Waals surface area contributed by atoms with Crippen molar-refractivity contribution >= 4 is 23.2 Å². The van der Waals surface area contributed by atoms with E-state index in [0.717, 1.165) is 17.0 Å². The number of ether oxygens (including phenoxy) is 1. The number of nitrogens with one attached hydrogen (secondary N) is 1. The zero-order valence-electron chi connectivity index (χ0n) is 15.3. The van der Waals surface area contributed by atoms with Crippen molar-refractivity contribution < 1.29 is 18.7 Å². The standard InChI is InChI=1S/C21H23FN2O3/c1-2-24(17-8-6-16(22)7-9-17)21(26)4-3-13-27-18-10-11-19-15(14-18)5-12-20(25)23-19/h6-11,14H,2-5,12-13H2,1H3,(H,23,25). The smallest absolute Gasteiger partial charge is 0.227 e. The highest BCUT2D eigenvalue weighted by Crippen LogP contribution is 2.27. The van der Waals surface area contributed by atoms with Gasteiger partial charge in [0.2, 0.25) is 11.8 Å². The SMILES string of the molecule is CCN(C(=O)CCCOc1ccc2c(c1)CCC(=O)N2)c1ccc(F)cc1. The van der Waals surface area contributed by atoms with Crippen molar-refractivity contribution in [3.05, 3.63) is 53.8 Å². The number of nitrogens with zero attached hydrogens (tertiary/aromatic N) is 1. The summed E-state index contributed by atoms with van der Waals surface area (Å²) in [5.74, 6) is 0.445. The van der Waals surface area contributed by atoms with Gasteiger partial charge in [0, 0.05) is 30.8 Å². The molecule has 0 unspecified atom stereocenters. The fourth-order valence-corrected chi connectivity index (χ4v) is 3.12. The van der Waals surface area contributed by atoms with E-state index in [4.69, 9.17) is 4.74 Å². The maximum absolute atomic E-state index is 13.0. The molecular weight excluding hydrogens is 347 g/mol. The summed E-state index contributed by atoms with van der Waals surface area (Å²) in [4.78, 5) is 25.5. The minimum atomic E-state index is -0.319. The molecule has 2 aromatic carbocycles. The first-order valence-electron chi connectivity index (χ1n) is 9.18. The topological polar surface area (TPSA) is 58.6 Å². The molecule has 0 spiro atoms. The zero-order chi connectivity index (χ0) is 19.2. The summed E-state index contributed by atoms with van der Waals surface area (Å²) in [6.07, 6.45) is 2.14. The fraction of sp³-hybridized carbons (Fsp3) is 0.333. The molecule has 2 aromatic rings. The first-order valence-corrected chi connectivity index (χ1v) is 9.18. The number of hydrogen-bond acceptors (Lipinski definition) is 3. The Morgan fingerprint density at radius 1 is 1.19 bits per heavy atom. The fourth-order valence-electron chi connectivity index (χ4n) is 3.12. The number of anilines is 2. The second-order valence-corrected chi connectivity index (χ2v) is 6.43. The first kappa shape index (κ1) is 18.9. The molecule has 27 heavy (non-hydrogen) atoms. The molecule has 1 N–H and O–H groups in total. The number of halogens is 1. The lowest BCUT2D eigenvalue weighted by atomic mass is 10.0. The maximum atomic E-state index is 13.0. The van der Waals surface area contributed by atoms with E-state index in [1.807, 2.05) is 25.1 Å². The van der Waals surface area contributed by atoms with Gasteiger partial charge in [-0.25, -0.2) is 4.39 Å². The highest BCUT2D eigenvalue weighted by Gasteiger charge is 2.16. The first-order chi connectivity index (χ1) is 13.1. The molecule has 142 valence electrons. The predicted octanol–water partition coefficient (Wildman–Crippen LogP) is 3.92. The van der Waals surface area contributed by atoms with E-state index in [9.17, 15) is 14.0 Å². The molecule has 0 atom stereocenters. The third kappa shape index (κ3) is 4.84. The molecule has 1 aliphatic heterocycles. The average molecular weight is 370 g/mol. The third-order valence-corrected chi connectivity index (χ3v) is 4.53. The summed E-state index contributed by atoms with van der Waals surface area (Å²) in [5, 5.41) is 2.84. The van der Waals surface area contributed by atoms with Crippen LogP contribution >= 0.6 is 0 Å². The molecule has 3 rings (SSSR count). The predicted molar refractivity (Wildman–Crippen MR) is 103 cm³/mol. The van der Waals surface area contributed by atoms with Crippen LogP contribution in [0.25, 0.3) is 0 Å². The van der Waals surface area contributed by atoms with E-state index in [-0.39, 0.29) is 17.6 Å². The van der Waals surface area contributed by atoms with Gasteiger partial charge in [-0.15, -0.1) is 0 Å². The van der Waals surface area contributed by atoms with Crippen molar-refractivity contribution in [3.8, 4) is 5.75 Å². The molecule has 5 nitrogen and oxygen atoms in total. The monoisotopic (exact) mass is 370 g/mol. The van der Waals surface area contributed by atoms with Crippen LogP contribution in [0.5, 0.6) is 5.75 Å². The van der Waals surface area contributed by atoms with Gasteiger partial charge in [-0.1, -0.05) is 0 Å². The summed E-state index contributed by atoms with van der Waals surface area (Å²) in [7, 11) is 0. The van der Waals surface area contributed by atoms with Crippen LogP contribution < -0.4 is 15.0 Å². The normalized spacial score (nSPS) is 12.9.